The second kappa shape index (κ2) is 7.86. The summed E-state index contributed by atoms with van der Waals surface area (Å²) < 4.78 is 0. The Kier molecular flexibility index (Phi) is 6.74. The standard InChI is InChI=1S/C14H25NS/c1-4-9-15-14(12(5-2)6-3)11-13-8-7-10-16-13/h7-8,10,12,14-15H,4-6,9,11H2,1-3H3. The molecule has 0 aliphatic rings. The predicted octanol–water partition coefficient (Wildman–Crippen LogP) is 4.10. The lowest BCUT2D eigenvalue weighted by molar-refractivity contribution is 0.333. The van der Waals surface area contributed by atoms with Gasteiger partial charge in [-0.05, 0) is 36.8 Å². The van der Waals surface area contributed by atoms with Crippen LogP contribution in [0.15, 0.2) is 17.5 Å². The summed E-state index contributed by atoms with van der Waals surface area (Å²) in [4.78, 5) is 1.51. The molecule has 0 aliphatic carbocycles. The van der Waals surface area contributed by atoms with Crippen LogP contribution in [0.4, 0.5) is 0 Å². The van der Waals surface area contributed by atoms with Crippen molar-refractivity contribution >= 4 is 11.3 Å². The Morgan fingerprint density at radius 2 is 2.00 bits per heavy atom. The van der Waals surface area contributed by atoms with Gasteiger partial charge in [0.15, 0.2) is 0 Å². The van der Waals surface area contributed by atoms with Crippen LogP contribution in [-0.4, -0.2) is 12.6 Å². The van der Waals surface area contributed by atoms with Crippen molar-refractivity contribution in [2.45, 2.75) is 52.5 Å². The maximum absolute atomic E-state index is 3.72. The minimum atomic E-state index is 0.661. The zero-order valence-electron chi connectivity index (χ0n) is 10.8. The highest BCUT2D eigenvalue weighted by molar-refractivity contribution is 7.09. The van der Waals surface area contributed by atoms with Gasteiger partial charge in [0.25, 0.3) is 0 Å². The van der Waals surface area contributed by atoms with E-state index in [2.05, 4.69) is 43.6 Å². The maximum atomic E-state index is 3.72. The van der Waals surface area contributed by atoms with Crippen LogP contribution in [0.1, 0.15) is 44.9 Å². The summed E-state index contributed by atoms with van der Waals surface area (Å²) in [7, 11) is 0. The molecule has 0 saturated carbocycles. The summed E-state index contributed by atoms with van der Waals surface area (Å²) in [5.74, 6) is 0.814. The second-order valence-electron chi connectivity index (χ2n) is 4.42. The number of nitrogens with one attached hydrogen (secondary N) is 1. The van der Waals surface area contributed by atoms with E-state index in [0.717, 1.165) is 12.5 Å². The Balaban J connectivity index is 2.55. The molecule has 1 aromatic heterocycles. The van der Waals surface area contributed by atoms with E-state index in [9.17, 15) is 0 Å². The first-order valence-electron chi connectivity index (χ1n) is 6.57. The van der Waals surface area contributed by atoms with Gasteiger partial charge in [-0.1, -0.05) is 39.7 Å². The first-order chi connectivity index (χ1) is 7.81. The fourth-order valence-electron chi connectivity index (χ4n) is 2.24. The lowest BCUT2D eigenvalue weighted by Crippen LogP contribution is -2.38. The summed E-state index contributed by atoms with van der Waals surface area (Å²) in [6.45, 7) is 8.00. The molecule has 0 radical (unpaired) electrons. The quantitative estimate of drug-likeness (QED) is 0.720. The average Bonchev–Trinajstić information content (AvgIpc) is 2.80. The number of hydrogen-bond donors (Lipinski definition) is 1. The Labute approximate surface area is 104 Å². The van der Waals surface area contributed by atoms with Crippen molar-refractivity contribution in [2.24, 2.45) is 5.92 Å². The largest absolute Gasteiger partial charge is 0.313 e. The SMILES string of the molecule is CCCNC(Cc1cccs1)C(CC)CC. The zero-order chi connectivity index (χ0) is 11.8. The molecule has 0 saturated heterocycles. The molecule has 0 bridgehead atoms. The van der Waals surface area contributed by atoms with Crippen LogP contribution in [0, 0.1) is 5.92 Å². The van der Waals surface area contributed by atoms with E-state index >= 15 is 0 Å². The van der Waals surface area contributed by atoms with Crippen LogP contribution in [-0.2, 0) is 6.42 Å². The molecule has 0 amide bonds. The summed E-state index contributed by atoms with van der Waals surface area (Å²) >= 11 is 1.88. The number of rotatable bonds is 8. The molecule has 0 spiro atoms. The van der Waals surface area contributed by atoms with Crippen molar-refractivity contribution in [3.8, 4) is 0 Å². The molecular weight excluding hydrogens is 214 g/mol. The summed E-state index contributed by atoms with van der Waals surface area (Å²) in [5, 5.41) is 5.90. The fraction of sp³-hybridized carbons (Fsp3) is 0.714. The van der Waals surface area contributed by atoms with Gasteiger partial charge in [0.1, 0.15) is 0 Å². The Bertz CT molecular complexity index is 252. The summed E-state index contributed by atoms with van der Waals surface area (Å²) in [6.07, 6.45) is 4.98. The van der Waals surface area contributed by atoms with Crippen molar-refractivity contribution in [1.82, 2.24) is 5.32 Å². The van der Waals surface area contributed by atoms with Crippen LogP contribution in [0.5, 0.6) is 0 Å². The van der Waals surface area contributed by atoms with Crippen LogP contribution in [0.2, 0.25) is 0 Å². The lowest BCUT2D eigenvalue weighted by Gasteiger charge is -2.26. The molecule has 1 unspecified atom stereocenters. The van der Waals surface area contributed by atoms with E-state index in [1.807, 2.05) is 11.3 Å². The second-order valence-corrected chi connectivity index (χ2v) is 5.45. The molecule has 1 nitrogen and oxygen atoms in total. The van der Waals surface area contributed by atoms with Gasteiger partial charge < -0.3 is 5.32 Å². The highest BCUT2D eigenvalue weighted by atomic mass is 32.1. The molecule has 92 valence electrons. The van der Waals surface area contributed by atoms with Gasteiger partial charge in [0, 0.05) is 10.9 Å². The van der Waals surface area contributed by atoms with Gasteiger partial charge in [-0.25, -0.2) is 0 Å². The minimum absolute atomic E-state index is 0.661. The molecule has 0 fully saturated rings. The highest BCUT2D eigenvalue weighted by Crippen LogP contribution is 2.20. The number of thiophene rings is 1. The average molecular weight is 239 g/mol. The van der Waals surface area contributed by atoms with E-state index in [0.29, 0.717) is 6.04 Å². The zero-order valence-corrected chi connectivity index (χ0v) is 11.6. The van der Waals surface area contributed by atoms with Crippen molar-refractivity contribution in [2.75, 3.05) is 6.54 Å². The summed E-state index contributed by atoms with van der Waals surface area (Å²) in [5.41, 5.74) is 0. The first kappa shape index (κ1) is 13.7. The van der Waals surface area contributed by atoms with Crippen LogP contribution >= 0.6 is 11.3 Å². The van der Waals surface area contributed by atoms with Crippen molar-refractivity contribution in [1.29, 1.82) is 0 Å². The van der Waals surface area contributed by atoms with Crippen molar-refractivity contribution < 1.29 is 0 Å². The van der Waals surface area contributed by atoms with Gasteiger partial charge in [-0.15, -0.1) is 11.3 Å². The monoisotopic (exact) mass is 239 g/mol. The Morgan fingerprint density at radius 3 is 2.50 bits per heavy atom. The van der Waals surface area contributed by atoms with Crippen LogP contribution in [0.3, 0.4) is 0 Å². The third-order valence-electron chi connectivity index (χ3n) is 3.28. The molecule has 1 N–H and O–H groups in total. The minimum Gasteiger partial charge on any atom is -0.313 e. The first-order valence-corrected chi connectivity index (χ1v) is 7.45. The normalized spacial score (nSPS) is 13.2. The van der Waals surface area contributed by atoms with Crippen molar-refractivity contribution in [3.63, 3.8) is 0 Å². The molecule has 0 aliphatic heterocycles. The van der Waals surface area contributed by atoms with Crippen LogP contribution in [0.25, 0.3) is 0 Å². The molecular formula is C14H25NS. The topological polar surface area (TPSA) is 12.0 Å². The smallest absolute Gasteiger partial charge is 0.0143 e. The highest BCUT2D eigenvalue weighted by Gasteiger charge is 2.18. The van der Waals surface area contributed by atoms with Gasteiger partial charge in [0.2, 0.25) is 0 Å². The Morgan fingerprint density at radius 1 is 1.25 bits per heavy atom. The molecule has 1 heterocycles. The molecule has 1 rings (SSSR count). The van der Waals surface area contributed by atoms with E-state index in [-0.39, 0.29) is 0 Å². The van der Waals surface area contributed by atoms with Crippen molar-refractivity contribution in [3.05, 3.63) is 22.4 Å². The van der Waals surface area contributed by atoms with Gasteiger partial charge in [-0.3, -0.25) is 0 Å². The van der Waals surface area contributed by atoms with Gasteiger partial charge in [-0.2, -0.15) is 0 Å². The summed E-state index contributed by atoms with van der Waals surface area (Å²) in [6, 6.07) is 5.07. The van der Waals surface area contributed by atoms with E-state index in [1.165, 1.54) is 30.6 Å². The molecule has 2 heteroatoms. The van der Waals surface area contributed by atoms with E-state index < -0.39 is 0 Å². The van der Waals surface area contributed by atoms with Gasteiger partial charge >= 0.3 is 0 Å². The lowest BCUT2D eigenvalue weighted by atomic mass is 9.91. The number of hydrogen-bond acceptors (Lipinski definition) is 2. The molecule has 16 heavy (non-hydrogen) atoms. The third kappa shape index (κ3) is 4.26. The maximum Gasteiger partial charge on any atom is 0.0143 e. The molecule has 1 atom stereocenters. The predicted molar refractivity (Wildman–Crippen MR) is 74.2 cm³/mol. The van der Waals surface area contributed by atoms with E-state index in [4.69, 9.17) is 0 Å². The molecule has 0 aromatic carbocycles. The van der Waals surface area contributed by atoms with E-state index in [1.54, 1.807) is 0 Å². The Hall–Kier alpha value is -0.340. The van der Waals surface area contributed by atoms with Gasteiger partial charge in [0.05, 0.1) is 0 Å². The third-order valence-corrected chi connectivity index (χ3v) is 4.17. The van der Waals surface area contributed by atoms with Crippen LogP contribution < -0.4 is 5.32 Å². The molecule has 1 aromatic rings. The fourth-order valence-corrected chi connectivity index (χ4v) is 3.00.